The number of rotatable bonds is 10. The molecule has 23 nitrogen and oxygen atoms in total. The number of benzene rings is 6. The third-order valence-corrected chi connectivity index (χ3v) is 12.5. The second-order valence-electron chi connectivity index (χ2n) is 13.6. The summed E-state index contributed by atoms with van der Waals surface area (Å²) in [6.45, 7) is 0. The first kappa shape index (κ1) is 58.0. The van der Waals surface area contributed by atoms with Gasteiger partial charge in [-0.25, -0.2) is 18.4 Å². The van der Waals surface area contributed by atoms with Gasteiger partial charge in [-0.15, -0.1) is 10.2 Å². The topological polar surface area (TPSA) is 369 Å². The molecule has 71 heavy (non-hydrogen) atoms. The first-order valence-corrected chi connectivity index (χ1v) is 24.0. The maximum Gasteiger partial charge on any atom is 1.00 e. The van der Waals surface area contributed by atoms with Gasteiger partial charge in [-0.2, -0.15) is 47.0 Å². The molecule has 0 bridgehead atoms. The largest absolute Gasteiger partial charge is 1.00 e. The molecule has 2 aromatic heterocycles. The molecule has 0 saturated heterocycles. The van der Waals surface area contributed by atoms with Crippen LogP contribution in [0.3, 0.4) is 0 Å². The zero-order chi connectivity index (χ0) is 48.9. The first-order valence-electron chi connectivity index (χ1n) is 18.2. The van der Waals surface area contributed by atoms with E-state index in [4.69, 9.17) is 46.4 Å². The van der Waals surface area contributed by atoms with Crippen LogP contribution < -0.4 is 110 Å². The minimum atomic E-state index is -5.24. The third kappa shape index (κ3) is 13.7. The van der Waals surface area contributed by atoms with Gasteiger partial charge in [0, 0.05) is 5.39 Å². The number of hydrogen-bond donors (Lipinski definition) is 4. The van der Waals surface area contributed by atoms with Gasteiger partial charge in [0.05, 0.1) is 39.0 Å². The number of hydrogen-bond acceptors (Lipinski definition) is 19. The van der Waals surface area contributed by atoms with E-state index in [1.54, 1.807) is 24.3 Å². The van der Waals surface area contributed by atoms with Crippen molar-refractivity contribution >= 4 is 132 Å². The van der Waals surface area contributed by atoms with Gasteiger partial charge < -0.3 is 14.8 Å². The fraction of sp³-hybridized carbons (Fsp3) is 0. The number of aromatic nitrogens is 6. The van der Waals surface area contributed by atoms with Gasteiger partial charge in [0.25, 0.3) is 20.2 Å². The summed E-state index contributed by atoms with van der Waals surface area (Å²) in [4.78, 5) is 25.5. The fourth-order valence-corrected chi connectivity index (χ4v) is 8.89. The smallest absolute Gasteiger partial charge is 0.871 e. The van der Waals surface area contributed by atoms with E-state index in [1.165, 1.54) is 42.5 Å². The molecule has 0 aliphatic carbocycles. The number of halogens is 4. The van der Waals surface area contributed by atoms with Crippen LogP contribution in [0.1, 0.15) is 0 Å². The Hall–Kier alpha value is -3.85. The van der Waals surface area contributed by atoms with Gasteiger partial charge in [-0.05, 0) is 134 Å². The summed E-state index contributed by atoms with van der Waals surface area (Å²) in [6, 6.07) is 19.6. The molecule has 346 valence electrons. The van der Waals surface area contributed by atoms with E-state index in [2.05, 4.69) is 60.3 Å². The predicted molar refractivity (Wildman–Crippen MR) is 238 cm³/mol. The average Bonchev–Trinajstić information content (AvgIpc) is 3.24. The van der Waals surface area contributed by atoms with Gasteiger partial charge >= 0.3 is 88.7 Å². The second-order valence-corrected chi connectivity index (χ2v) is 19.2. The molecule has 8 rings (SSSR count). The van der Waals surface area contributed by atoms with Gasteiger partial charge in [0.2, 0.25) is 32.4 Å². The Labute approximate surface area is 485 Å². The van der Waals surface area contributed by atoms with Crippen molar-refractivity contribution in [1.82, 2.24) is 29.9 Å². The molecular weight excluding hydrogens is 1110 g/mol. The van der Waals surface area contributed by atoms with Crippen LogP contribution in [-0.2, 0) is 30.4 Å². The summed E-state index contributed by atoms with van der Waals surface area (Å²) in [6.07, 6.45) is 0. The van der Waals surface area contributed by atoms with E-state index in [1.807, 2.05) is 0 Å². The number of fused-ring (bicyclic) bond motifs is 2. The minimum absolute atomic E-state index is 0. The molecule has 0 amide bonds. The molecule has 6 aromatic carbocycles. The molecule has 0 fully saturated rings. The minimum Gasteiger partial charge on any atom is -0.871 e. The fourth-order valence-electron chi connectivity index (χ4n) is 6.31. The van der Waals surface area contributed by atoms with E-state index >= 15 is 0 Å². The van der Waals surface area contributed by atoms with E-state index in [0.29, 0.717) is 23.3 Å². The average molecular weight is 1130 g/mol. The van der Waals surface area contributed by atoms with Crippen LogP contribution in [0.25, 0.3) is 32.7 Å². The zero-order valence-electron chi connectivity index (χ0n) is 35.9. The van der Waals surface area contributed by atoms with Crippen LogP contribution in [0, 0.1) is 0 Å². The van der Waals surface area contributed by atoms with Crippen LogP contribution in [0.15, 0.2) is 136 Å². The summed E-state index contributed by atoms with van der Waals surface area (Å²) in [7, 11) is -15.4. The number of nitrogens with zero attached hydrogens (tertiary/aromatic N) is 10. The van der Waals surface area contributed by atoms with E-state index in [-0.39, 0.29) is 138 Å². The number of H-pyrrole nitrogens is 2. The first-order chi connectivity index (χ1) is 32.0. The summed E-state index contributed by atoms with van der Waals surface area (Å²) in [5.41, 5.74) is -0.905. The number of nitrogens with one attached hydrogen (secondary N) is 2. The van der Waals surface area contributed by atoms with E-state index in [0.717, 1.165) is 12.1 Å². The molecule has 0 unspecified atom stereocenters. The monoisotopic (exact) mass is 1120 g/mol. The van der Waals surface area contributed by atoms with Crippen molar-refractivity contribution < 1.29 is 138 Å². The van der Waals surface area contributed by atoms with Gasteiger partial charge in [-0.3, -0.25) is 19.1 Å². The summed E-state index contributed by atoms with van der Waals surface area (Å²) in [5.74, 6) is -2.10. The third-order valence-electron chi connectivity index (χ3n) is 9.21. The molecular formula is C38H19Cl4N12Na3O11S3. The van der Waals surface area contributed by atoms with Crippen LogP contribution in [0.2, 0.25) is 21.1 Å². The van der Waals surface area contributed by atoms with Crippen LogP contribution >= 0.6 is 46.4 Å². The maximum absolute atomic E-state index is 13.9. The summed E-state index contributed by atoms with van der Waals surface area (Å²) >= 11 is 23.4. The van der Waals surface area contributed by atoms with E-state index < -0.39 is 95.3 Å². The predicted octanol–water partition coefficient (Wildman–Crippen LogP) is -1.64. The molecule has 0 radical (unpaired) electrons. The van der Waals surface area contributed by atoms with Gasteiger partial charge in [0.15, 0.2) is 0 Å². The zero-order valence-corrected chi connectivity index (χ0v) is 47.4. The molecule has 0 aliphatic rings. The molecule has 0 saturated carbocycles. The van der Waals surface area contributed by atoms with Crippen LogP contribution in [0.4, 0.5) is 34.1 Å². The maximum atomic E-state index is 13.9. The number of aromatic amines is 2. The molecule has 0 aliphatic heterocycles. The molecule has 8 aromatic rings. The van der Waals surface area contributed by atoms with Crippen molar-refractivity contribution in [2.75, 3.05) is 0 Å². The Morgan fingerprint density at radius 2 is 0.972 bits per heavy atom. The van der Waals surface area contributed by atoms with Crippen LogP contribution in [0.5, 0.6) is 11.5 Å². The summed E-state index contributed by atoms with van der Waals surface area (Å²) in [5, 5.41) is 41.5. The van der Waals surface area contributed by atoms with Crippen molar-refractivity contribution in [2.24, 2.45) is 30.4 Å². The van der Waals surface area contributed by atoms with Crippen molar-refractivity contribution in [3.05, 3.63) is 123 Å². The number of azo groups is 2. The van der Waals surface area contributed by atoms with Crippen LogP contribution in [-0.4, -0.2) is 68.8 Å². The Morgan fingerprint density at radius 1 is 0.521 bits per heavy atom. The van der Waals surface area contributed by atoms with Crippen molar-refractivity contribution in [1.29, 1.82) is 0 Å². The molecule has 4 N–H and O–H groups in total. The molecule has 0 atom stereocenters. The van der Waals surface area contributed by atoms with E-state index in [9.17, 15) is 49.1 Å². The van der Waals surface area contributed by atoms with Crippen molar-refractivity contribution in [3.63, 3.8) is 0 Å². The second kappa shape index (κ2) is 23.1. The van der Waals surface area contributed by atoms with Gasteiger partial charge in [0.1, 0.15) is 19.9 Å². The Bertz CT molecular complexity index is 3940. The normalized spacial score (nSPS) is 12.6. The molecule has 33 heteroatoms. The summed E-state index contributed by atoms with van der Waals surface area (Å²) < 4.78 is 106. The van der Waals surface area contributed by atoms with Gasteiger partial charge in [-0.1, -0.05) is 41.8 Å². The Balaban J connectivity index is 0.00000312. The Kier molecular flexibility index (Phi) is 18.9. The molecule has 0 spiro atoms. The van der Waals surface area contributed by atoms with Crippen molar-refractivity contribution in [3.8, 4) is 22.6 Å². The standard InChI is InChI=1S/C38H22Cl4N12O11S3.3Na/c39-33-45-34(40)48-37(47-33)43-22-10-5-18-12-26(67(60,61)62)29(31(55)24(18)14-22)53-51-20-6-1-16(2-7-20)17-3-8-21(9-4-17)52-54-30-27(68(63,64)65)13-19-11-23(66(57,58)59)15-25(28(19)32(30)56)44-38-49-35(41)46-36(42)50-38;;;/h1-15,55-56H,(H,57,58,59)(H,60,61,62)(H,63,64,65)(H,43,45,47,48)(H,44,46,49,50);;;/q;3*+1/p-3. The molecule has 2 heterocycles. The quantitative estimate of drug-likeness (QED) is 0.0678. The van der Waals surface area contributed by atoms with Crippen molar-refractivity contribution in [2.45, 2.75) is 14.7 Å². The SMILES string of the molecule is O=S(=O)([O-])c1cc(N=c2nc(Cl)nc(Cl)[nH]2)c2c([O-])c(N=Nc3ccc(-c4ccc(N=Nc5c(S(=O)(=O)O)cc6ccc(N=c7nc(Cl)nc(Cl)[nH]7)cc6c5[O-])cc4)cc3)c(S(=O)(=O)O)cc2c1.[Na+].[Na+].[Na+]. The Morgan fingerprint density at radius 3 is 1.44 bits per heavy atom.